The van der Waals surface area contributed by atoms with Crippen LogP contribution in [0.1, 0.15) is 84.0 Å². The van der Waals surface area contributed by atoms with E-state index in [1.54, 1.807) is 0 Å². The van der Waals surface area contributed by atoms with Crippen molar-refractivity contribution in [2.45, 2.75) is 84.0 Å². The highest BCUT2D eigenvalue weighted by Crippen LogP contribution is 2.12. The second-order valence-corrected chi connectivity index (χ2v) is 5.04. The van der Waals surface area contributed by atoms with E-state index >= 15 is 0 Å². The second kappa shape index (κ2) is 14.5. The van der Waals surface area contributed by atoms with Gasteiger partial charge in [0, 0.05) is 6.42 Å². The number of hydrogen-bond donors (Lipinski definition) is 0. The molecule has 0 aliphatic rings. The molecule has 0 aliphatic carbocycles. The van der Waals surface area contributed by atoms with E-state index in [0.29, 0.717) is 6.42 Å². The first-order valence-corrected chi connectivity index (χ1v) is 7.69. The molecule has 0 atom stereocenters. The summed E-state index contributed by atoms with van der Waals surface area (Å²) in [6, 6.07) is 0. The summed E-state index contributed by atoms with van der Waals surface area (Å²) in [5.74, 6) is -0.123. The van der Waals surface area contributed by atoms with Crippen LogP contribution in [0.4, 0.5) is 0 Å². The van der Waals surface area contributed by atoms with Crippen LogP contribution >= 0.6 is 0 Å². The van der Waals surface area contributed by atoms with Gasteiger partial charge in [-0.3, -0.25) is 4.79 Å². The summed E-state index contributed by atoms with van der Waals surface area (Å²) in [4.78, 5) is 10.8. The molecule has 107 valence electrons. The SMILES string of the molecule is CCCCCCCCCCCC[CH]CC(=O)OC. The average Bonchev–Trinajstić information content (AvgIpc) is 2.39. The van der Waals surface area contributed by atoms with Crippen molar-refractivity contribution >= 4 is 5.97 Å². The van der Waals surface area contributed by atoms with E-state index in [4.69, 9.17) is 0 Å². The molecule has 0 spiro atoms. The van der Waals surface area contributed by atoms with Gasteiger partial charge in [-0.1, -0.05) is 71.1 Å². The summed E-state index contributed by atoms with van der Waals surface area (Å²) in [5, 5.41) is 0. The zero-order valence-corrected chi connectivity index (χ0v) is 12.4. The van der Waals surface area contributed by atoms with E-state index in [-0.39, 0.29) is 5.97 Å². The van der Waals surface area contributed by atoms with Crippen LogP contribution in [0.25, 0.3) is 0 Å². The third-order valence-electron chi connectivity index (χ3n) is 3.30. The van der Waals surface area contributed by atoms with Crippen molar-refractivity contribution in [1.82, 2.24) is 0 Å². The Labute approximate surface area is 113 Å². The first kappa shape index (κ1) is 17.5. The molecule has 18 heavy (non-hydrogen) atoms. The highest BCUT2D eigenvalue weighted by molar-refractivity contribution is 5.70. The van der Waals surface area contributed by atoms with E-state index in [1.807, 2.05) is 6.42 Å². The number of carbonyl (C=O) groups excluding carboxylic acids is 1. The van der Waals surface area contributed by atoms with E-state index < -0.39 is 0 Å². The number of hydrogen-bond acceptors (Lipinski definition) is 2. The van der Waals surface area contributed by atoms with Gasteiger partial charge in [0.05, 0.1) is 7.11 Å². The molecule has 1 radical (unpaired) electrons. The smallest absolute Gasteiger partial charge is 0.305 e. The zero-order valence-electron chi connectivity index (χ0n) is 12.4. The minimum Gasteiger partial charge on any atom is -0.469 e. The first-order valence-electron chi connectivity index (χ1n) is 7.69. The lowest BCUT2D eigenvalue weighted by atomic mass is 10.0. The Morgan fingerprint density at radius 2 is 1.39 bits per heavy atom. The van der Waals surface area contributed by atoms with Crippen molar-refractivity contribution in [3.63, 3.8) is 0 Å². The van der Waals surface area contributed by atoms with Crippen LogP contribution in [-0.4, -0.2) is 13.1 Å². The number of ether oxygens (including phenoxy) is 1. The van der Waals surface area contributed by atoms with Gasteiger partial charge < -0.3 is 4.74 Å². The lowest BCUT2D eigenvalue weighted by molar-refractivity contribution is -0.139. The molecule has 0 saturated carbocycles. The second-order valence-electron chi connectivity index (χ2n) is 5.04. The molecule has 0 bridgehead atoms. The average molecular weight is 255 g/mol. The summed E-state index contributed by atoms with van der Waals surface area (Å²) >= 11 is 0. The molecule has 0 heterocycles. The first-order chi connectivity index (χ1) is 8.81. The van der Waals surface area contributed by atoms with Gasteiger partial charge in [-0.15, -0.1) is 0 Å². The fraction of sp³-hybridized carbons (Fsp3) is 0.875. The Balaban J connectivity index is 2.97. The van der Waals surface area contributed by atoms with Gasteiger partial charge in [-0.2, -0.15) is 0 Å². The van der Waals surface area contributed by atoms with Gasteiger partial charge in [-0.05, 0) is 12.8 Å². The molecule has 0 fully saturated rings. The summed E-state index contributed by atoms with van der Waals surface area (Å²) in [7, 11) is 1.44. The molecule has 0 aromatic rings. The van der Waals surface area contributed by atoms with Crippen molar-refractivity contribution in [1.29, 1.82) is 0 Å². The van der Waals surface area contributed by atoms with Gasteiger partial charge in [0.1, 0.15) is 0 Å². The molecule has 0 aromatic carbocycles. The quantitative estimate of drug-likeness (QED) is 0.339. The monoisotopic (exact) mass is 255 g/mol. The number of unbranched alkanes of at least 4 members (excludes halogenated alkanes) is 11. The molecule has 0 aromatic heterocycles. The van der Waals surface area contributed by atoms with Crippen LogP contribution in [-0.2, 0) is 9.53 Å². The Hall–Kier alpha value is -0.530. The van der Waals surface area contributed by atoms with Crippen LogP contribution in [0, 0.1) is 6.42 Å². The Morgan fingerprint density at radius 1 is 0.889 bits per heavy atom. The van der Waals surface area contributed by atoms with E-state index in [1.165, 1.54) is 71.3 Å². The van der Waals surface area contributed by atoms with Crippen molar-refractivity contribution in [2.24, 2.45) is 0 Å². The minimum absolute atomic E-state index is 0.123. The molecule has 2 nitrogen and oxygen atoms in total. The molecule has 0 unspecified atom stereocenters. The molecule has 0 aliphatic heterocycles. The lowest BCUT2D eigenvalue weighted by Crippen LogP contribution is -1.99. The number of rotatable bonds is 13. The Morgan fingerprint density at radius 3 is 1.89 bits per heavy atom. The number of methoxy groups -OCH3 is 1. The Bertz CT molecular complexity index is 178. The maximum atomic E-state index is 10.8. The zero-order chi connectivity index (χ0) is 13.5. The molecule has 0 rings (SSSR count). The maximum absolute atomic E-state index is 10.8. The minimum atomic E-state index is -0.123. The number of carbonyl (C=O) groups is 1. The van der Waals surface area contributed by atoms with Gasteiger partial charge in [0.2, 0.25) is 0 Å². The normalized spacial score (nSPS) is 10.6. The molecular formula is C16H31O2. The topological polar surface area (TPSA) is 26.3 Å². The fourth-order valence-electron chi connectivity index (χ4n) is 2.08. The Kier molecular flexibility index (Phi) is 14.1. The highest BCUT2D eigenvalue weighted by Gasteiger charge is 1.99. The van der Waals surface area contributed by atoms with E-state index in [2.05, 4.69) is 11.7 Å². The largest absolute Gasteiger partial charge is 0.469 e. The lowest BCUT2D eigenvalue weighted by Gasteiger charge is -2.02. The van der Waals surface area contributed by atoms with Crippen LogP contribution in [0.2, 0.25) is 0 Å². The van der Waals surface area contributed by atoms with E-state index in [0.717, 1.165) is 6.42 Å². The maximum Gasteiger partial charge on any atom is 0.305 e. The summed E-state index contributed by atoms with van der Waals surface area (Å²) in [5.41, 5.74) is 0. The predicted octanol–water partition coefficient (Wildman–Crippen LogP) is 5.06. The summed E-state index contributed by atoms with van der Waals surface area (Å²) < 4.78 is 4.58. The summed E-state index contributed by atoms with van der Waals surface area (Å²) in [6.45, 7) is 2.26. The molecule has 0 N–H and O–H groups in total. The standard InChI is InChI=1S/C16H31O2/c1-3-4-5-6-7-8-9-10-11-12-13-14-15-16(17)18-2/h14H,3-13,15H2,1-2H3. The molecule has 2 heteroatoms. The summed E-state index contributed by atoms with van der Waals surface area (Å²) in [6.07, 6.45) is 17.2. The third kappa shape index (κ3) is 13.5. The van der Waals surface area contributed by atoms with E-state index in [9.17, 15) is 4.79 Å². The third-order valence-corrected chi connectivity index (χ3v) is 3.30. The van der Waals surface area contributed by atoms with Gasteiger partial charge >= 0.3 is 5.97 Å². The van der Waals surface area contributed by atoms with Gasteiger partial charge in [-0.25, -0.2) is 0 Å². The highest BCUT2D eigenvalue weighted by atomic mass is 16.5. The fourth-order valence-corrected chi connectivity index (χ4v) is 2.08. The van der Waals surface area contributed by atoms with Crippen LogP contribution in [0.15, 0.2) is 0 Å². The van der Waals surface area contributed by atoms with Crippen LogP contribution in [0.5, 0.6) is 0 Å². The predicted molar refractivity (Wildman–Crippen MR) is 77.4 cm³/mol. The van der Waals surface area contributed by atoms with Crippen molar-refractivity contribution in [2.75, 3.05) is 7.11 Å². The van der Waals surface area contributed by atoms with Gasteiger partial charge in [0.15, 0.2) is 0 Å². The number of esters is 1. The van der Waals surface area contributed by atoms with Crippen LogP contribution < -0.4 is 0 Å². The van der Waals surface area contributed by atoms with Crippen LogP contribution in [0.3, 0.4) is 0 Å². The molecule has 0 saturated heterocycles. The van der Waals surface area contributed by atoms with Crippen molar-refractivity contribution in [3.8, 4) is 0 Å². The molecule has 0 amide bonds. The molecular weight excluding hydrogens is 224 g/mol. The van der Waals surface area contributed by atoms with Crippen molar-refractivity contribution in [3.05, 3.63) is 6.42 Å². The van der Waals surface area contributed by atoms with Gasteiger partial charge in [0.25, 0.3) is 0 Å². The van der Waals surface area contributed by atoms with Crippen molar-refractivity contribution < 1.29 is 9.53 Å².